The fraction of sp³-hybridized carbons (Fsp3) is 0.154. The number of non-ortho nitro benzene ring substituents is 1. The molecule has 1 aromatic carbocycles. The van der Waals surface area contributed by atoms with Crippen LogP contribution in [-0.4, -0.2) is 20.6 Å². The van der Waals surface area contributed by atoms with E-state index in [1.54, 1.807) is 29.0 Å². The Morgan fingerprint density at radius 1 is 1.32 bits per heavy atom. The number of hydrogen-bond acceptors (Lipinski definition) is 3. The van der Waals surface area contributed by atoms with Crippen molar-refractivity contribution >= 4 is 11.7 Å². The molecule has 0 aliphatic carbocycles. The van der Waals surface area contributed by atoms with E-state index in [4.69, 9.17) is 5.11 Å². The highest BCUT2D eigenvalue weighted by molar-refractivity contribution is 5.88. The van der Waals surface area contributed by atoms with E-state index in [1.165, 1.54) is 12.1 Å². The molecule has 1 N–H and O–H groups in total. The lowest BCUT2D eigenvalue weighted by Crippen LogP contribution is -2.05. The molecule has 2 rings (SSSR count). The van der Waals surface area contributed by atoms with Crippen LogP contribution in [0.1, 0.15) is 17.4 Å². The third-order valence-electron chi connectivity index (χ3n) is 2.87. The highest BCUT2D eigenvalue weighted by Gasteiger charge is 2.13. The summed E-state index contributed by atoms with van der Waals surface area (Å²) in [5, 5.41) is 19.6. The summed E-state index contributed by atoms with van der Waals surface area (Å²) in [6.45, 7) is 2.40. The van der Waals surface area contributed by atoms with Crippen LogP contribution in [0, 0.1) is 10.1 Å². The smallest absolute Gasteiger partial charge is 0.352 e. The second-order valence-electron chi connectivity index (χ2n) is 4.01. The van der Waals surface area contributed by atoms with Gasteiger partial charge in [-0.2, -0.15) is 0 Å². The van der Waals surface area contributed by atoms with Crippen LogP contribution in [0.2, 0.25) is 0 Å². The number of hydrogen-bond donors (Lipinski definition) is 1. The standard InChI is InChI=1S/C13H12N2O4/c1-2-14-8-10(7-12(14)13(16)17)9-3-5-11(6-4-9)15(18)19/h3-8H,2H2,1H3,(H,16,17). The zero-order valence-electron chi connectivity index (χ0n) is 10.2. The number of aromatic carboxylic acids is 1. The van der Waals surface area contributed by atoms with Crippen molar-refractivity contribution in [3.8, 4) is 11.1 Å². The van der Waals surface area contributed by atoms with Crippen molar-refractivity contribution in [1.29, 1.82) is 0 Å². The van der Waals surface area contributed by atoms with Gasteiger partial charge in [0.1, 0.15) is 5.69 Å². The largest absolute Gasteiger partial charge is 0.477 e. The number of carbonyl (C=O) groups is 1. The van der Waals surface area contributed by atoms with Crippen LogP contribution in [-0.2, 0) is 6.54 Å². The summed E-state index contributed by atoms with van der Waals surface area (Å²) in [5.41, 5.74) is 1.70. The normalized spacial score (nSPS) is 10.4. The zero-order chi connectivity index (χ0) is 14.0. The highest BCUT2D eigenvalue weighted by atomic mass is 16.6. The summed E-state index contributed by atoms with van der Waals surface area (Å²) in [6.07, 6.45) is 1.73. The molecule has 0 spiro atoms. The number of carboxylic acid groups (broad SMARTS) is 1. The predicted octanol–water partition coefficient (Wildman–Crippen LogP) is 2.78. The fourth-order valence-corrected chi connectivity index (χ4v) is 1.88. The van der Waals surface area contributed by atoms with Crippen molar-refractivity contribution < 1.29 is 14.8 Å². The average Bonchev–Trinajstić information content (AvgIpc) is 2.83. The molecular formula is C13H12N2O4. The van der Waals surface area contributed by atoms with E-state index >= 15 is 0 Å². The minimum atomic E-state index is -0.991. The molecule has 6 nitrogen and oxygen atoms in total. The molecule has 0 aliphatic heterocycles. The molecule has 19 heavy (non-hydrogen) atoms. The van der Waals surface area contributed by atoms with Crippen LogP contribution in [0.25, 0.3) is 11.1 Å². The summed E-state index contributed by atoms with van der Waals surface area (Å²) < 4.78 is 1.62. The molecule has 6 heteroatoms. The molecule has 0 saturated carbocycles. The summed E-state index contributed by atoms with van der Waals surface area (Å²) >= 11 is 0. The lowest BCUT2D eigenvalue weighted by molar-refractivity contribution is -0.384. The van der Waals surface area contributed by atoms with E-state index in [-0.39, 0.29) is 11.4 Å². The Hall–Kier alpha value is -2.63. The van der Waals surface area contributed by atoms with Crippen molar-refractivity contribution in [3.05, 3.63) is 52.3 Å². The second-order valence-corrected chi connectivity index (χ2v) is 4.01. The lowest BCUT2D eigenvalue weighted by atomic mass is 10.1. The number of aromatic nitrogens is 1. The van der Waals surface area contributed by atoms with Gasteiger partial charge < -0.3 is 9.67 Å². The average molecular weight is 260 g/mol. The van der Waals surface area contributed by atoms with Crippen molar-refractivity contribution in [2.45, 2.75) is 13.5 Å². The Morgan fingerprint density at radius 2 is 1.95 bits per heavy atom. The third kappa shape index (κ3) is 2.47. The van der Waals surface area contributed by atoms with Gasteiger partial charge in [-0.25, -0.2) is 4.79 Å². The Kier molecular flexibility index (Phi) is 3.33. The van der Waals surface area contributed by atoms with E-state index < -0.39 is 10.9 Å². The maximum Gasteiger partial charge on any atom is 0.352 e. The van der Waals surface area contributed by atoms with Gasteiger partial charge in [-0.1, -0.05) is 0 Å². The van der Waals surface area contributed by atoms with Crippen LogP contribution in [0.3, 0.4) is 0 Å². The Morgan fingerprint density at radius 3 is 2.37 bits per heavy atom. The molecule has 0 amide bonds. The minimum absolute atomic E-state index is 0.0112. The summed E-state index contributed by atoms with van der Waals surface area (Å²) in [6, 6.07) is 7.59. The molecule has 0 unspecified atom stereocenters. The molecular weight excluding hydrogens is 248 g/mol. The van der Waals surface area contributed by atoms with Gasteiger partial charge >= 0.3 is 5.97 Å². The summed E-state index contributed by atoms with van der Waals surface area (Å²) in [4.78, 5) is 21.2. The van der Waals surface area contributed by atoms with Crippen LogP contribution in [0.4, 0.5) is 5.69 Å². The molecule has 0 aliphatic rings. The van der Waals surface area contributed by atoms with Gasteiger partial charge in [-0.3, -0.25) is 10.1 Å². The summed E-state index contributed by atoms with van der Waals surface area (Å²) in [7, 11) is 0. The maximum atomic E-state index is 11.1. The Balaban J connectivity index is 2.41. The second kappa shape index (κ2) is 4.93. The molecule has 1 aromatic heterocycles. The first-order valence-corrected chi connectivity index (χ1v) is 5.71. The van der Waals surface area contributed by atoms with Gasteiger partial charge in [0.2, 0.25) is 0 Å². The quantitative estimate of drug-likeness (QED) is 0.676. The van der Waals surface area contributed by atoms with Crippen molar-refractivity contribution in [2.24, 2.45) is 0 Å². The van der Waals surface area contributed by atoms with Crippen LogP contribution < -0.4 is 0 Å². The van der Waals surface area contributed by atoms with E-state index in [0.29, 0.717) is 6.54 Å². The first kappa shape index (κ1) is 12.8. The molecule has 0 radical (unpaired) electrons. The van der Waals surface area contributed by atoms with Crippen LogP contribution in [0.15, 0.2) is 36.5 Å². The minimum Gasteiger partial charge on any atom is -0.477 e. The molecule has 0 atom stereocenters. The van der Waals surface area contributed by atoms with Gasteiger partial charge in [-0.05, 0) is 30.7 Å². The zero-order valence-corrected chi connectivity index (χ0v) is 10.2. The molecule has 0 bridgehead atoms. The van der Waals surface area contributed by atoms with Gasteiger partial charge in [0, 0.05) is 30.4 Å². The van der Waals surface area contributed by atoms with E-state index in [1.807, 2.05) is 6.92 Å². The number of nitro benzene ring substituents is 1. The van der Waals surface area contributed by atoms with Gasteiger partial charge in [-0.15, -0.1) is 0 Å². The first-order chi connectivity index (χ1) is 9.02. The summed E-state index contributed by atoms with van der Waals surface area (Å²) in [5.74, 6) is -0.991. The fourth-order valence-electron chi connectivity index (χ4n) is 1.88. The van der Waals surface area contributed by atoms with Crippen LogP contribution >= 0.6 is 0 Å². The molecule has 1 heterocycles. The number of rotatable bonds is 4. The molecule has 0 saturated heterocycles. The highest BCUT2D eigenvalue weighted by Crippen LogP contribution is 2.24. The number of nitrogens with zero attached hydrogens (tertiary/aromatic N) is 2. The lowest BCUT2D eigenvalue weighted by Gasteiger charge is -1.99. The predicted molar refractivity (Wildman–Crippen MR) is 69.2 cm³/mol. The monoisotopic (exact) mass is 260 g/mol. The van der Waals surface area contributed by atoms with Crippen molar-refractivity contribution in [3.63, 3.8) is 0 Å². The maximum absolute atomic E-state index is 11.1. The third-order valence-corrected chi connectivity index (χ3v) is 2.87. The molecule has 98 valence electrons. The van der Waals surface area contributed by atoms with Gasteiger partial charge in [0.05, 0.1) is 4.92 Å². The molecule has 2 aromatic rings. The van der Waals surface area contributed by atoms with Gasteiger partial charge in [0.15, 0.2) is 0 Å². The number of aryl methyl sites for hydroxylation is 1. The van der Waals surface area contributed by atoms with E-state index in [9.17, 15) is 14.9 Å². The number of carboxylic acids is 1. The number of benzene rings is 1. The van der Waals surface area contributed by atoms with Crippen molar-refractivity contribution in [1.82, 2.24) is 4.57 Å². The molecule has 0 fully saturated rings. The Bertz CT molecular complexity index is 629. The number of nitro groups is 1. The first-order valence-electron chi connectivity index (χ1n) is 5.71. The SMILES string of the molecule is CCn1cc(-c2ccc([N+](=O)[O-])cc2)cc1C(=O)O. The van der Waals surface area contributed by atoms with Gasteiger partial charge in [0.25, 0.3) is 5.69 Å². The Labute approximate surface area is 109 Å². The van der Waals surface area contributed by atoms with Crippen molar-refractivity contribution in [2.75, 3.05) is 0 Å². The topological polar surface area (TPSA) is 85.4 Å². The van der Waals surface area contributed by atoms with Crippen LogP contribution in [0.5, 0.6) is 0 Å². The van der Waals surface area contributed by atoms with E-state index in [0.717, 1.165) is 11.1 Å². The van der Waals surface area contributed by atoms with E-state index in [2.05, 4.69) is 0 Å².